The summed E-state index contributed by atoms with van der Waals surface area (Å²) in [6, 6.07) is 25.4. The first-order valence-corrected chi connectivity index (χ1v) is 8.11. The minimum Gasteiger partial charge on any atom is -0.268 e. The fourth-order valence-corrected chi connectivity index (χ4v) is 2.76. The van der Waals surface area contributed by atoms with Gasteiger partial charge >= 0.3 is 0 Å². The van der Waals surface area contributed by atoms with Gasteiger partial charge in [-0.05, 0) is 35.4 Å². The van der Waals surface area contributed by atoms with Crippen LogP contribution in [-0.2, 0) is 0 Å². The largest absolute Gasteiger partial charge is 0.268 e. The summed E-state index contributed by atoms with van der Waals surface area (Å²) in [5, 5.41) is 0.623. The zero-order chi connectivity index (χ0) is 17.1. The molecule has 3 aromatic carbocycles. The number of hydrogen-bond donors (Lipinski definition) is 0. The second-order valence-corrected chi connectivity index (χ2v) is 5.77. The molecule has 3 nitrogen and oxygen atoms in total. The molecule has 4 aromatic rings. The van der Waals surface area contributed by atoms with Crippen LogP contribution in [0.25, 0.3) is 28.7 Å². The third-order valence-corrected chi connectivity index (χ3v) is 4.10. The van der Waals surface area contributed by atoms with Crippen molar-refractivity contribution < 1.29 is 0 Å². The van der Waals surface area contributed by atoms with Crippen LogP contribution < -0.4 is 5.56 Å². The van der Waals surface area contributed by atoms with Crippen LogP contribution in [-0.4, -0.2) is 9.55 Å². The van der Waals surface area contributed by atoms with Crippen molar-refractivity contribution in [3.63, 3.8) is 0 Å². The quantitative estimate of drug-likeness (QED) is 0.518. The first-order chi connectivity index (χ1) is 12.3. The Morgan fingerprint density at radius 2 is 1.36 bits per heavy atom. The monoisotopic (exact) mass is 324 g/mol. The van der Waals surface area contributed by atoms with Crippen molar-refractivity contribution >= 4 is 23.1 Å². The molecule has 0 spiro atoms. The summed E-state index contributed by atoms with van der Waals surface area (Å²) in [6.07, 6.45) is 5.71. The van der Waals surface area contributed by atoms with E-state index in [9.17, 15) is 4.79 Å². The molecule has 0 N–H and O–H groups in total. The molecule has 0 radical (unpaired) electrons. The van der Waals surface area contributed by atoms with Crippen LogP contribution in [0, 0.1) is 0 Å². The van der Waals surface area contributed by atoms with E-state index in [4.69, 9.17) is 0 Å². The van der Waals surface area contributed by atoms with E-state index in [-0.39, 0.29) is 5.56 Å². The molecular weight excluding hydrogens is 308 g/mol. The van der Waals surface area contributed by atoms with E-state index in [1.54, 1.807) is 17.0 Å². The Kier molecular flexibility index (Phi) is 3.97. The van der Waals surface area contributed by atoms with Crippen LogP contribution in [0.3, 0.4) is 0 Å². The van der Waals surface area contributed by atoms with Gasteiger partial charge in [-0.2, -0.15) is 0 Å². The van der Waals surface area contributed by atoms with Crippen molar-refractivity contribution in [2.45, 2.75) is 0 Å². The molecule has 0 unspecified atom stereocenters. The summed E-state index contributed by atoms with van der Waals surface area (Å²) in [5.74, 6) is 0. The van der Waals surface area contributed by atoms with Gasteiger partial charge in [-0.1, -0.05) is 66.7 Å². The lowest BCUT2D eigenvalue weighted by Crippen LogP contribution is -2.18. The van der Waals surface area contributed by atoms with Crippen molar-refractivity contribution in [1.29, 1.82) is 0 Å². The third-order valence-electron chi connectivity index (χ3n) is 4.10. The predicted molar refractivity (Wildman–Crippen MR) is 103 cm³/mol. The van der Waals surface area contributed by atoms with Gasteiger partial charge in [0.25, 0.3) is 5.56 Å². The van der Waals surface area contributed by atoms with Gasteiger partial charge in [0.1, 0.15) is 6.33 Å². The van der Waals surface area contributed by atoms with E-state index >= 15 is 0 Å². The van der Waals surface area contributed by atoms with Gasteiger partial charge < -0.3 is 0 Å². The highest BCUT2D eigenvalue weighted by molar-refractivity contribution is 5.77. The van der Waals surface area contributed by atoms with E-state index < -0.39 is 0 Å². The molecule has 0 aliphatic rings. The fourth-order valence-electron chi connectivity index (χ4n) is 2.76. The van der Waals surface area contributed by atoms with Crippen LogP contribution >= 0.6 is 0 Å². The van der Waals surface area contributed by atoms with Gasteiger partial charge in [-0.25, -0.2) is 4.98 Å². The second-order valence-electron chi connectivity index (χ2n) is 5.77. The number of benzene rings is 3. The highest BCUT2D eigenvalue weighted by Gasteiger charge is 2.04. The average Bonchev–Trinajstić information content (AvgIpc) is 2.68. The predicted octanol–water partition coefficient (Wildman–Crippen LogP) is 4.56. The van der Waals surface area contributed by atoms with Gasteiger partial charge in [0, 0.05) is 0 Å². The molecule has 1 aromatic heterocycles. The number of nitrogens with zero attached hydrogens (tertiary/aromatic N) is 2. The first-order valence-electron chi connectivity index (χ1n) is 8.11. The SMILES string of the molecule is O=c1c2ccccc2ncn1-c1ccc(/C=C/c2ccccc2)cc1. The van der Waals surface area contributed by atoms with Crippen LogP contribution in [0.4, 0.5) is 0 Å². The van der Waals surface area contributed by atoms with Gasteiger partial charge in [0.15, 0.2) is 0 Å². The molecule has 0 aliphatic carbocycles. The molecule has 25 heavy (non-hydrogen) atoms. The standard InChI is InChI=1S/C22H16N2O/c25-22-20-8-4-5-9-21(20)23-16-24(22)19-14-12-18(13-15-19)11-10-17-6-2-1-3-7-17/h1-16H/b11-10+. The molecular formula is C22H16N2O. The first kappa shape index (κ1) is 15.1. The average molecular weight is 324 g/mol. The Labute approximate surface area is 145 Å². The summed E-state index contributed by atoms with van der Waals surface area (Å²) in [7, 11) is 0. The fraction of sp³-hybridized carbons (Fsp3) is 0. The minimum absolute atomic E-state index is 0.0572. The summed E-state index contributed by atoms with van der Waals surface area (Å²) >= 11 is 0. The molecule has 1 heterocycles. The van der Waals surface area contributed by atoms with Crippen LogP contribution in [0.15, 0.2) is 90.0 Å². The van der Waals surface area contributed by atoms with E-state index in [0.29, 0.717) is 10.9 Å². The van der Waals surface area contributed by atoms with Gasteiger partial charge in [-0.15, -0.1) is 0 Å². The molecule has 3 heteroatoms. The molecule has 0 saturated heterocycles. The number of fused-ring (bicyclic) bond motifs is 1. The van der Waals surface area contributed by atoms with Crippen LogP contribution in [0.5, 0.6) is 0 Å². The topological polar surface area (TPSA) is 34.9 Å². The Morgan fingerprint density at radius 1 is 0.720 bits per heavy atom. The molecule has 0 aliphatic heterocycles. The van der Waals surface area contributed by atoms with Crippen molar-refractivity contribution in [1.82, 2.24) is 9.55 Å². The van der Waals surface area contributed by atoms with Crippen molar-refractivity contribution in [3.05, 3.63) is 107 Å². The minimum atomic E-state index is -0.0572. The lowest BCUT2D eigenvalue weighted by Gasteiger charge is -2.07. The molecule has 0 atom stereocenters. The van der Waals surface area contributed by atoms with Gasteiger partial charge in [-0.3, -0.25) is 9.36 Å². The highest BCUT2D eigenvalue weighted by atomic mass is 16.1. The Hall–Kier alpha value is -3.46. The van der Waals surface area contributed by atoms with Gasteiger partial charge in [0.05, 0.1) is 16.6 Å². The Bertz CT molecular complexity index is 1090. The maximum Gasteiger partial charge on any atom is 0.265 e. The van der Waals surface area contributed by atoms with Crippen LogP contribution in [0.2, 0.25) is 0 Å². The lowest BCUT2D eigenvalue weighted by atomic mass is 10.1. The summed E-state index contributed by atoms with van der Waals surface area (Å²) < 4.78 is 1.58. The maximum absolute atomic E-state index is 12.6. The molecule has 4 rings (SSSR count). The number of para-hydroxylation sites is 1. The Morgan fingerprint density at radius 3 is 2.12 bits per heavy atom. The summed E-state index contributed by atoms with van der Waals surface area (Å²) in [6.45, 7) is 0. The Balaban J connectivity index is 1.66. The zero-order valence-corrected chi connectivity index (χ0v) is 13.5. The molecule has 0 bridgehead atoms. The third kappa shape index (κ3) is 3.12. The van der Waals surface area contributed by atoms with E-state index in [2.05, 4.69) is 29.3 Å². The summed E-state index contributed by atoms with van der Waals surface area (Å²) in [5.41, 5.74) is 3.69. The van der Waals surface area contributed by atoms with Crippen LogP contribution in [0.1, 0.15) is 11.1 Å². The van der Waals surface area contributed by atoms with E-state index in [0.717, 1.165) is 16.8 Å². The maximum atomic E-state index is 12.6. The molecule has 120 valence electrons. The van der Waals surface area contributed by atoms with E-state index in [1.165, 1.54) is 0 Å². The molecule has 0 fully saturated rings. The van der Waals surface area contributed by atoms with Gasteiger partial charge in [0.2, 0.25) is 0 Å². The molecule has 0 saturated carbocycles. The van der Waals surface area contributed by atoms with Crippen molar-refractivity contribution in [2.24, 2.45) is 0 Å². The summed E-state index contributed by atoms with van der Waals surface area (Å²) in [4.78, 5) is 17.0. The zero-order valence-electron chi connectivity index (χ0n) is 13.5. The number of hydrogen-bond acceptors (Lipinski definition) is 2. The normalized spacial score (nSPS) is 11.2. The smallest absolute Gasteiger partial charge is 0.265 e. The lowest BCUT2D eigenvalue weighted by molar-refractivity contribution is 0.963. The highest BCUT2D eigenvalue weighted by Crippen LogP contribution is 2.13. The number of rotatable bonds is 3. The van der Waals surface area contributed by atoms with Crippen molar-refractivity contribution in [3.8, 4) is 5.69 Å². The number of aromatic nitrogens is 2. The van der Waals surface area contributed by atoms with E-state index in [1.807, 2.05) is 60.7 Å². The molecule has 0 amide bonds. The van der Waals surface area contributed by atoms with Crippen molar-refractivity contribution in [2.75, 3.05) is 0 Å². The second kappa shape index (κ2) is 6.57.